The van der Waals surface area contributed by atoms with E-state index in [4.69, 9.17) is 14.2 Å². The van der Waals surface area contributed by atoms with E-state index >= 15 is 0 Å². The van der Waals surface area contributed by atoms with Crippen molar-refractivity contribution in [2.75, 3.05) is 58.6 Å². The van der Waals surface area contributed by atoms with Gasteiger partial charge in [0.2, 0.25) is 11.7 Å². The highest BCUT2D eigenvalue weighted by atomic mass is 19.1. The molecule has 0 radical (unpaired) electrons. The molecule has 150 valence electrons. The third-order valence-electron chi connectivity index (χ3n) is 4.41. The van der Waals surface area contributed by atoms with Crippen LogP contribution in [-0.2, 0) is 14.3 Å². The van der Waals surface area contributed by atoms with Crippen LogP contribution in [0.4, 0.5) is 15.8 Å². The molecule has 1 amide bonds. The smallest absolute Gasteiger partial charge is 0.307 e. The van der Waals surface area contributed by atoms with Crippen LogP contribution in [0.25, 0.3) is 0 Å². The summed E-state index contributed by atoms with van der Waals surface area (Å²) in [5, 5.41) is 11.1. The normalized spacial score (nSPS) is 16.0. The van der Waals surface area contributed by atoms with Crippen LogP contribution in [0.2, 0.25) is 0 Å². The van der Waals surface area contributed by atoms with Gasteiger partial charge in [0, 0.05) is 39.4 Å². The molecular weight excluding hydrogens is 361 g/mol. The van der Waals surface area contributed by atoms with Gasteiger partial charge in [0.25, 0.3) is 0 Å². The highest BCUT2D eigenvalue weighted by molar-refractivity contribution is 5.98. The minimum absolute atomic E-state index is 0.0418. The van der Waals surface area contributed by atoms with Gasteiger partial charge in [-0.05, 0) is 6.92 Å². The largest absolute Gasteiger partial charge is 0.489 e. The van der Waals surface area contributed by atoms with E-state index in [0.717, 1.165) is 12.1 Å². The zero-order chi connectivity index (χ0) is 20.0. The molecule has 0 spiro atoms. The number of benzene rings is 1. The zero-order valence-corrected chi connectivity index (χ0v) is 15.6. The maximum atomic E-state index is 14.0. The van der Waals surface area contributed by atoms with E-state index in [9.17, 15) is 19.3 Å². The van der Waals surface area contributed by atoms with E-state index < -0.39 is 22.5 Å². The first kappa shape index (κ1) is 21.0. The Morgan fingerprint density at radius 2 is 2.07 bits per heavy atom. The van der Waals surface area contributed by atoms with Gasteiger partial charge in [-0.2, -0.15) is 4.39 Å². The summed E-state index contributed by atoms with van der Waals surface area (Å²) < 4.78 is 29.7. The number of methoxy groups -OCH3 is 1. The van der Waals surface area contributed by atoms with Crippen LogP contribution in [-0.4, -0.2) is 75.4 Å². The van der Waals surface area contributed by atoms with Crippen LogP contribution in [0.15, 0.2) is 12.1 Å². The first-order valence-electron chi connectivity index (χ1n) is 8.55. The molecule has 0 saturated carbocycles. The van der Waals surface area contributed by atoms with Crippen molar-refractivity contribution < 1.29 is 28.3 Å². The molecule has 27 heavy (non-hydrogen) atoms. The SMILES string of the molecule is COCCOc1cc(F)c([N+](=O)[O-])cc1N(C)C(=O)C(C)N1CCOCC1. The number of amides is 1. The topological polar surface area (TPSA) is 94.4 Å². The second kappa shape index (κ2) is 9.58. The van der Waals surface area contributed by atoms with Gasteiger partial charge in [0.05, 0.1) is 36.5 Å². The van der Waals surface area contributed by atoms with Gasteiger partial charge in [-0.25, -0.2) is 0 Å². The molecule has 10 heteroatoms. The number of nitro groups is 1. The van der Waals surface area contributed by atoms with Crippen LogP contribution < -0.4 is 9.64 Å². The molecule has 2 rings (SSSR count). The number of morpholine rings is 1. The van der Waals surface area contributed by atoms with Crippen LogP contribution in [0.3, 0.4) is 0 Å². The molecular formula is C17H24FN3O6. The minimum atomic E-state index is -1.03. The number of nitrogens with zero attached hydrogens (tertiary/aromatic N) is 3. The van der Waals surface area contributed by atoms with Crippen molar-refractivity contribution in [1.82, 2.24) is 4.90 Å². The highest BCUT2D eigenvalue weighted by Gasteiger charge is 2.29. The van der Waals surface area contributed by atoms with E-state index in [2.05, 4.69) is 0 Å². The summed E-state index contributed by atoms with van der Waals surface area (Å²) in [6.07, 6.45) is 0. The Kier molecular flexibility index (Phi) is 7.45. The lowest BCUT2D eigenvalue weighted by Crippen LogP contribution is -2.50. The predicted molar refractivity (Wildman–Crippen MR) is 95.7 cm³/mol. The average Bonchev–Trinajstić information content (AvgIpc) is 2.67. The average molecular weight is 385 g/mol. The van der Waals surface area contributed by atoms with Crippen molar-refractivity contribution in [2.45, 2.75) is 13.0 Å². The number of rotatable bonds is 8. The Morgan fingerprint density at radius 1 is 1.41 bits per heavy atom. The third-order valence-corrected chi connectivity index (χ3v) is 4.41. The predicted octanol–water partition coefficient (Wildman–Crippen LogP) is 1.44. The van der Waals surface area contributed by atoms with Crippen molar-refractivity contribution in [1.29, 1.82) is 0 Å². The molecule has 0 N–H and O–H groups in total. The van der Waals surface area contributed by atoms with Crippen molar-refractivity contribution in [2.24, 2.45) is 0 Å². The number of carbonyl (C=O) groups is 1. The van der Waals surface area contributed by atoms with Gasteiger partial charge in [-0.3, -0.25) is 19.8 Å². The molecule has 1 heterocycles. The number of hydrogen-bond acceptors (Lipinski definition) is 7. The van der Waals surface area contributed by atoms with Crippen LogP contribution in [0.5, 0.6) is 5.75 Å². The fraction of sp³-hybridized carbons (Fsp3) is 0.588. The standard InChI is InChI=1S/C17H24FN3O6/c1-12(20-4-6-26-7-5-20)17(22)19(2)15-11-14(21(23)24)13(18)10-16(15)27-9-8-25-3/h10-12H,4-9H2,1-3H3. The lowest BCUT2D eigenvalue weighted by Gasteiger charge is -2.33. The van der Waals surface area contributed by atoms with Crippen molar-refractivity contribution in [3.63, 3.8) is 0 Å². The highest BCUT2D eigenvalue weighted by Crippen LogP contribution is 2.34. The molecule has 1 aromatic rings. The van der Waals surface area contributed by atoms with E-state index in [1.807, 2.05) is 4.90 Å². The fourth-order valence-corrected chi connectivity index (χ4v) is 2.81. The molecule has 0 aliphatic carbocycles. The summed E-state index contributed by atoms with van der Waals surface area (Å²) in [7, 11) is 2.97. The van der Waals surface area contributed by atoms with Gasteiger partial charge < -0.3 is 19.1 Å². The Morgan fingerprint density at radius 3 is 2.67 bits per heavy atom. The van der Waals surface area contributed by atoms with Crippen molar-refractivity contribution in [3.8, 4) is 5.75 Å². The van der Waals surface area contributed by atoms with Gasteiger partial charge in [-0.1, -0.05) is 0 Å². The Labute approximate surface area is 156 Å². The Balaban J connectivity index is 2.29. The number of anilines is 1. The number of carbonyl (C=O) groups excluding carboxylic acids is 1. The number of halogens is 1. The lowest BCUT2D eigenvalue weighted by molar-refractivity contribution is -0.387. The van der Waals surface area contributed by atoms with Gasteiger partial charge in [-0.15, -0.1) is 0 Å². The minimum Gasteiger partial charge on any atom is -0.489 e. The summed E-state index contributed by atoms with van der Waals surface area (Å²) in [6, 6.07) is 1.48. The molecule has 0 bridgehead atoms. The summed E-state index contributed by atoms with van der Waals surface area (Å²) in [6.45, 7) is 4.42. The van der Waals surface area contributed by atoms with E-state index in [1.54, 1.807) is 6.92 Å². The van der Waals surface area contributed by atoms with Crippen LogP contribution in [0.1, 0.15) is 6.92 Å². The summed E-state index contributed by atoms with van der Waals surface area (Å²) >= 11 is 0. The molecule has 1 unspecified atom stereocenters. The summed E-state index contributed by atoms with van der Waals surface area (Å²) in [4.78, 5) is 26.4. The number of nitro benzene ring substituents is 1. The van der Waals surface area contributed by atoms with Crippen LogP contribution in [0, 0.1) is 15.9 Å². The summed E-state index contributed by atoms with van der Waals surface area (Å²) in [5.74, 6) is -1.27. The number of likely N-dealkylation sites (N-methyl/N-ethyl adjacent to an activating group) is 1. The lowest BCUT2D eigenvalue weighted by atomic mass is 10.2. The van der Waals surface area contributed by atoms with Gasteiger partial charge in [0.15, 0.2) is 0 Å². The molecule has 1 aromatic carbocycles. The number of hydrogen-bond donors (Lipinski definition) is 0. The maximum Gasteiger partial charge on any atom is 0.307 e. The molecule has 1 aliphatic heterocycles. The van der Waals surface area contributed by atoms with E-state index in [0.29, 0.717) is 26.3 Å². The van der Waals surface area contributed by atoms with Gasteiger partial charge in [0.1, 0.15) is 12.4 Å². The zero-order valence-electron chi connectivity index (χ0n) is 15.6. The molecule has 9 nitrogen and oxygen atoms in total. The first-order chi connectivity index (χ1) is 12.9. The number of ether oxygens (including phenoxy) is 3. The van der Waals surface area contributed by atoms with E-state index in [-0.39, 0.29) is 30.6 Å². The second-order valence-electron chi connectivity index (χ2n) is 6.09. The maximum absolute atomic E-state index is 14.0. The Hall–Kier alpha value is -2.30. The monoisotopic (exact) mass is 385 g/mol. The van der Waals surface area contributed by atoms with Crippen LogP contribution >= 0.6 is 0 Å². The molecule has 1 atom stereocenters. The second-order valence-corrected chi connectivity index (χ2v) is 6.09. The Bertz CT molecular complexity index is 681. The quantitative estimate of drug-likeness (QED) is 0.380. The van der Waals surface area contributed by atoms with Crippen molar-refractivity contribution >= 4 is 17.3 Å². The van der Waals surface area contributed by atoms with E-state index in [1.165, 1.54) is 19.1 Å². The fourth-order valence-electron chi connectivity index (χ4n) is 2.81. The molecule has 1 saturated heterocycles. The van der Waals surface area contributed by atoms with Gasteiger partial charge >= 0.3 is 5.69 Å². The molecule has 1 fully saturated rings. The first-order valence-corrected chi connectivity index (χ1v) is 8.55. The molecule has 0 aromatic heterocycles. The molecule has 1 aliphatic rings. The summed E-state index contributed by atoms with van der Waals surface area (Å²) in [5.41, 5.74) is -0.591. The van der Waals surface area contributed by atoms with Crippen molar-refractivity contribution in [3.05, 3.63) is 28.1 Å². The third kappa shape index (κ3) is 5.12.